The number of rotatable bonds is 1. The lowest BCUT2D eigenvalue weighted by atomic mass is 9.83. The molecule has 1 fully saturated rings. The Balaban J connectivity index is 2.03. The van der Waals surface area contributed by atoms with E-state index in [-0.39, 0.29) is 17.3 Å². The number of fused-ring (bicyclic) bond motifs is 3. The van der Waals surface area contributed by atoms with Crippen LogP contribution < -0.4 is 0 Å². The predicted octanol–water partition coefficient (Wildman–Crippen LogP) is 2.17. The van der Waals surface area contributed by atoms with E-state index in [1.54, 1.807) is 13.2 Å². The fourth-order valence-electron chi connectivity index (χ4n) is 3.49. The summed E-state index contributed by atoms with van der Waals surface area (Å²) in [5, 5.41) is 0. The Kier molecular flexibility index (Phi) is 1.56. The maximum absolute atomic E-state index is 11.8. The Bertz CT molecular complexity index is 389. The van der Waals surface area contributed by atoms with Gasteiger partial charge in [-0.25, -0.2) is 0 Å². The number of allylic oxidation sites excluding steroid dienone is 3. The van der Waals surface area contributed by atoms with Gasteiger partial charge in [0.2, 0.25) is 0 Å². The van der Waals surface area contributed by atoms with Crippen molar-refractivity contribution in [3.8, 4) is 0 Å². The van der Waals surface area contributed by atoms with Crippen molar-refractivity contribution in [1.82, 2.24) is 0 Å². The molecule has 0 saturated heterocycles. The van der Waals surface area contributed by atoms with Gasteiger partial charge < -0.3 is 4.74 Å². The van der Waals surface area contributed by atoms with Gasteiger partial charge in [-0.2, -0.15) is 0 Å². The third kappa shape index (κ3) is 0.973. The summed E-state index contributed by atoms with van der Waals surface area (Å²) < 4.78 is 5.40. The van der Waals surface area contributed by atoms with Gasteiger partial charge in [-0.1, -0.05) is 19.9 Å². The van der Waals surface area contributed by atoms with Gasteiger partial charge in [0.05, 0.1) is 12.9 Å². The Hall–Kier alpha value is -1.05. The van der Waals surface area contributed by atoms with E-state index in [0.29, 0.717) is 17.6 Å². The lowest BCUT2D eigenvalue weighted by molar-refractivity contribution is -0.119. The maximum Gasteiger partial charge on any atom is 0.159 e. The number of methoxy groups -OCH3 is 1. The highest BCUT2D eigenvalue weighted by Crippen LogP contribution is 2.68. The normalized spacial score (nSPS) is 44.5. The number of hydrogen-bond acceptors (Lipinski definition) is 2. The highest BCUT2D eigenvalue weighted by Gasteiger charge is 2.65. The Morgan fingerprint density at radius 2 is 2.13 bits per heavy atom. The molecule has 0 aromatic rings. The molecule has 0 bridgehead atoms. The van der Waals surface area contributed by atoms with Gasteiger partial charge in [-0.15, -0.1) is 0 Å². The van der Waals surface area contributed by atoms with Crippen LogP contribution in [0.3, 0.4) is 0 Å². The Morgan fingerprint density at radius 3 is 2.80 bits per heavy atom. The van der Waals surface area contributed by atoms with Crippen molar-refractivity contribution in [3.63, 3.8) is 0 Å². The van der Waals surface area contributed by atoms with Gasteiger partial charge in [0.15, 0.2) is 5.78 Å². The van der Waals surface area contributed by atoms with E-state index in [9.17, 15) is 4.79 Å². The summed E-state index contributed by atoms with van der Waals surface area (Å²) >= 11 is 0. The minimum atomic E-state index is 0.157. The van der Waals surface area contributed by atoms with Gasteiger partial charge in [0.25, 0.3) is 0 Å². The van der Waals surface area contributed by atoms with Crippen LogP contribution in [0.1, 0.15) is 13.8 Å². The molecular weight excluding hydrogens is 188 g/mol. The molecule has 3 aliphatic carbocycles. The van der Waals surface area contributed by atoms with E-state index >= 15 is 0 Å². The molecule has 3 rings (SSSR count). The van der Waals surface area contributed by atoms with Crippen molar-refractivity contribution in [3.05, 3.63) is 24.0 Å². The summed E-state index contributed by atoms with van der Waals surface area (Å²) in [6, 6.07) is 0. The molecule has 0 unspecified atom stereocenters. The van der Waals surface area contributed by atoms with Crippen LogP contribution >= 0.6 is 0 Å². The molecule has 0 aromatic heterocycles. The molecule has 0 radical (unpaired) electrons. The van der Waals surface area contributed by atoms with E-state index in [0.717, 1.165) is 5.76 Å². The SMILES string of the molecule is COC1=C[C@@H]2[C@H]([C@@H]3C(=O)C=C[C@H]13)C2(C)C. The van der Waals surface area contributed by atoms with E-state index < -0.39 is 0 Å². The summed E-state index contributed by atoms with van der Waals surface area (Å²) in [4.78, 5) is 11.8. The third-order valence-electron chi connectivity index (χ3n) is 4.47. The fraction of sp³-hybridized carbons (Fsp3) is 0.615. The lowest BCUT2D eigenvalue weighted by Crippen LogP contribution is -2.24. The summed E-state index contributed by atoms with van der Waals surface area (Å²) in [5.74, 6) is 2.73. The van der Waals surface area contributed by atoms with E-state index in [1.165, 1.54) is 0 Å². The Labute approximate surface area is 90.0 Å². The number of ether oxygens (including phenoxy) is 1. The molecule has 2 heteroatoms. The third-order valence-corrected chi connectivity index (χ3v) is 4.47. The van der Waals surface area contributed by atoms with Gasteiger partial charge >= 0.3 is 0 Å². The largest absolute Gasteiger partial charge is 0.501 e. The molecule has 80 valence electrons. The highest BCUT2D eigenvalue weighted by molar-refractivity contribution is 5.96. The number of carbonyl (C=O) groups excluding carboxylic acids is 1. The van der Waals surface area contributed by atoms with Crippen LogP contribution in [0.25, 0.3) is 0 Å². The van der Waals surface area contributed by atoms with Crippen molar-refractivity contribution in [2.45, 2.75) is 13.8 Å². The number of ketones is 1. The minimum absolute atomic E-state index is 0.157. The first-order chi connectivity index (χ1) is 7.07. The van der Waals surface area contributed by atoms with E-state index in [2.05, 4.69) is 19.9 Å². The van der Waals surface area contributed by atoms with Crippen molar-refractivity contribution < 1.29 is 9.53 Å². The second-order valence-electron chi connectivity index (χ2n) is 5.46. The molecule has 0 aliphatic heterocycles. The second-order valence-corrected chi connectivity index (χ2v) is 5.46. The number of carbonyl (C=O) groups is 1. The second kappa shape index (κ2) is 2.55. The highest BCUT2D eigenvalue weighted by atomic mass is 16.5. The first-order valence-electron chi connectivity index (χ1n) is 5.55. The fourth-order valence-corrected chi connectivity index (χ4v) is 3.49. The lowest BCUT2D eigenvalue weighted by Gasteiger charge is -2.24. The summed E-state index contributed by atoms with van der Waals surface area (Å²) in [6.07, 6.45) is 5.97. The van der Waals surface area contributed by atoms with Crippen LogP contribution in [-0.4, -0.2) is 12.9 Å². The van der Waals surface area contributed by atoms with Crippen LogP contribution in [0.2, 0.25) is 0 Å². The van der Waals surface area contributed by atoms with Crippen molar-refractivity contribution >= 4 is 5.78 Å². The van der Waals surface area contributed by atoms with E-state index in [1.807, 2.05) is 6.08 Å². The molecule has 0 amide bonds. The maximum atomic E-state index is 11.8. The standard InChI is InChI=1S/C13H16O2/c1-13(2)8-6-10(15-3)7-4-5-9(14)11(7)12(8)13/h4-8,11-12H,1-3H3/t7-,8-,11+,12-/m1/s1. The van der Waals surface area contributed by atoms with Crippen molar-refractivity contribution in [1.29, 1.82) is 0 Å². The average molecular weight is 204 g/mol. The van der Waals surface area contributed by atoms with Gasteiger partial charge in [0.1, 0.15) is 0 Å². The molecule has 2 nitrogen and oxygen atoms in total. The monoisotopic (exact) mass is 204 g/mol. The van der Waals surface area contributed by atoms with Gasteiger partial charge in [-0.05, 0) is 29.4 Å². The van der Waals surface area contributed by atoms with Gasteiger partial charge in [0, 0.05) is 11.8 Å². The zero-order chi connectivity index (χ0) is 10.8. The van der Waals surface area contributed by atoms with Crippen molar-refractivity contribution in [2.75, 3.05) is 7.11 Å². The zero-order valence-corrected chi connectivity index (χ0v) is 9.36. The first kappa shape index (κ1) is 9.20. The van der Waals surface area contributed by atoms with Crippen LogP contribution in [0, 0.1) is 29.1 Å². The van der Waals surface area contributed by atoms with Crippen LogP contribution in [0.4, 0.5) is 0 Å². The quantitative estimate of drug-likeness (QED) is 0.654. The molecule has 3 aliphatic rings. The summed E-state index contributed by atoms with van der Waals surface area (Å²) in [6.45, 7) is 4.50. The van der Waals surface area contributed by atoms with Crippen LogP contribution in [0.15, 0.2) is 24.0 Å². The molecule has 1 saturated carbocycles. The van der Waals surface area contributed by atoms with Gasteiger partial charge in [-0.3, -0.25) is 4.79 Å². The zero-order valence-electron chi connectivity index (χ0n) is 9.36. The summed E-state index contributed by atoms with van der Waals surface area (Å²) in [5.41, 5.74) is 0.283. The molecular formula is C13H16O2. The summed E-state index contributed by atoms with van der Waals surface area (Å²) in [7, 11) is 1.70. The smallest absolute Gasteiger partial charge is 0.159 e. The minimum Gasteiger partial charge on any atom is -0.501 e. The molecule has 15 heavy (non-hydrogen) atoms. The predicted molar refractivity (Wildman–Crippen MR) is 57.0 cm³/mol. The first-order valence-corrected chi connectivity index (χ1v) is 5.55. The molecule has 4 atom stereocenters. The molecule has 0 N–H and O–H groups in total. The molecule has 0 spiro atoms. The average Bonchev–Trinajstić information content (AvgIpc) is 2.57. The van der Waals surface area contributed by atoms with Crippen molar-refractivity contribution in [2.24, 2.45) is 29.1 Å². The molecule has 0 heterocycles. The van der Waals surface area contributed by atoms with E-state index in [4.69, 9.17) is 4.74 Å². The number of hydrogen-bond donors (Lipinski definition) is 0. The van der Waals surface area contributed by atoms with Crippen LogP contribution in [-0.2, 0) is 9.53 Å². The topological polar surface area (TPSA) is 26.3 Å². The van der Waals surface area contributed by atoms with Crippen LogP contribution in [0.5, 0.6) is 0 Å². The molecule has 0 aromatic carbocycles. The Morgan fingerprint density at radius 1 is 1.40 bits per heavy atom.